The van der Waals surface area contributed by atoms with Gasteiger partial charge < -0.3 is 9.84 Å². The number of carbonyl (C=O) groups is 2. The van der Waals surface area contributed by atoms with E-state index in [2.05, 4.69) is 0 Å². The van der Waals surface area contributed by atoms with E-state index in [4.69, 9.17) is 4.74 Å². The van der Waals surface area contributed by atoms with Crippen molar-refractivity contribution < 1.29 is 19.4 Å². The zero-order chi connectivity index (χ0) is 14.1. The van der Waals surface area contributed by atoms with Crippen LogP contribution in [-0.4, -0.2) is 40.3 Å². The first-order valence-corrected chi connectivity index (χ1v) is 6.36. The zero-order valence-corrected chi connectivity index (χ0v) is 11.8. The minimum atomic E-state index is -0.947. The molecule has 1 saturated heterocycles. The maximum Gasteiger partial charge on any atom is 0.411 e. The molecule has 0 bridgehead atoms. The molecule has 2 unspecified atom stereocenters. The van der Waals surface area contributed by atoms with Crippen LogP contribution in [0.25, 0.3) is 0 Å². The fourth-order valence-corrected chi connectivity index (χ4v) is 2.36. The number of nitrogens with zero attached hydrogens (tertiary/aromatic N) is 1. The smallest absolute Gasteiger partial charge is 0.411 e. The number of carboxylic acid groups (broad SMARTS) is 1. The molecule has 0 radical (unpaired) electrons. The minimum Gasteiger partial charge on any atom is -0.480 e. The highest BCUT2D eigenvalue weighted by Gasteiger charge is 2.44. The summed E-state index contributed by atoms with van der Waals surface area (Å²) in [5, 5.41) is 9.30. The maximum absolute atomic E-state index is 12.0. The number of aliphatic carboxylic acids is 1. The number of likely N-dealkylation sites (tertiary alicyclic amines) is 1. The molecular weight excluding hydrogens is 234 g/mol. The lowest BCUT2D eigenvalue weighted by Gasteiger charge is -2.29. The van der Waals surface area contributed by atoms with Crippen LogP contribution < -0.4 is 0 Å². The van der Waals surface area contributed by atoms with E-state index in [0.29, 0.717) is 13.0 Å². The number of ether oxygens (including phenoxy) is 1. The van der Waals surface area contributed by atoms with Gasteiger partial charge in [-0.2, -0.15) is 0 Å². The molecule has 5 heteroatoms. The summed E-state index contributed by atoms with van der Waals surface area (Å²) in [6.45, 7) is 9.75. The molecule has 18 heavy (non-hydrogen) atoms. The average Bonchev–Trinajstić information content (AvgIpc) is 2.58. The lowest BCUT2D eigenvalue weighted by atomic mass is 9.89. The first-order chi connectivity index (χ1) is 8.13. The van der Waals surface area contributed by atoms with Gasteiger partial charge in [-0.15, -0.1) is 0 Å². The Bertz CT molecular complexity index is 332. The van der Waals surface area contributed by atoms with Crippen LogP contribution in [-0.2, 0) is 9.53 Å². The number of carbonyl (C=O) groups excluding carboxylic acids is 1. The zero-order valence-electron chi connectivity index (χ0n) is 11.8. The molecule has 0 aliphatic carbocycles. The first kappa shape index (κ1) is 14.8. The highest BCUT2D eigenvalue weighted by Crippen LogP contribution is 2.31. The largest absolute Gasteiger partial charge is 0.480 e. The predicted molar refractivity (Wildman–Crippen MR) is 67.3 cm³/mol. The van der Waals surface area contributed by atoms with E-state index in [9.17, 15) is 14.7 Å². The molecule has 1 aliphatic rings. The quantitative estimate of drug-likeness (QED) is 0.824. The Morgan fingerprint density at radius 2 is 1.89 bits per heavy atom. The molecule has 1 heterocycles. The number of carboxylic acids is 1. The van der Waals surface area contributed by atoms with Crippen molar-refractivity contribution in [3.05, 3.63) is 0 Å². The molecule has 1 amide bonds. The summed E-state index contributed by atoms with van der Waals surface area (Å²) in [7, 11) is 0. The van der Waals surface area contributed by atoms with Crippen LogP contribution in [0.1, 0.15) is 41.0 Å². The molecule has 1 N–H and O–H groups in total. The van der Waals surface area contributed by atoms with Crippen molar-refractivity contribution in [2.75, 3.05) is 6.54 Å². The fourth-order valence-electron chi connectivity index (χ4n) is 2.36. The molecular formula is C13H23NO4. The van der Waals surface area contributed by atoms with E-state index in [1.165, 1.54) is 4.90 Å². The minimum absolute atomic E-state index is 0.00461. The molecule has 1 aliphatic heterocycles. The van der Waals surface area contributed by atoms with Crippen molar-refractivity contribution in [3.63, 3.8) is 0 Å². The summed E-state index contributed by atoms with van der Waals surface area (Å²) < 4.78 is 5.25. The van der Waals surface area contributed by atoms with Gasteiger partial charge in [0.15, 0.2) is 0 Å². The predicted octanol–water partition coefficient (Wildman–Crippen LogP) is 2.35. The molecule has 2 atom stereocenters. The summed E-state index contributed by atoms with van der Waals surface area (Å²) in [6.07, 6.45) is 0.187. The maximum atomic E-state index is 12.0. The number of hydrogen-bond acceptors (Lipinski definition) is 3. The SMILES string of the molecule is CC(C)C1CCN(C(=O)OC(C)(C)C)C1C(=O)O. The Labute approximate surface area is 108 Å². The summed E-state index contributed by atoms with van der Waals surface area (Å²) >= 11 is 0. The number of rotatable bonds is 2. The van der Waals surface area contributed by atoms with Gasteiger partial charge >= 0.3 is 12.1 Å². The topological polar surface area (TPSA) is 66.8 Å². The summed E-state index contributed by atoms with van der Waals surface area (Å²) in [4.78, 5) is 24.7. The third-order valence-electron chi connectivity index (χ3n) is 3.18. The molecule has 1 fully saturated rings. The van der Waals surface area contributed by atoms with Crippen LogP contribution in [0.15, 0.2) is 0 Å². The van der Waals surface area contributed by atoms with E-state index in [-0.39, 0.29) is 11.8 Å². The van der Waals surface area contributed by atoms with Crippen molar-refractivity contribution in [3.8, 4) is 0 Å². The summed E-state index contributed by atoms with van der Waals surface area (Å²) in [6, 6.07) is -0.764. The van der Waals surface area contributed by atoms with Crippen LogP contribution in [0.4, 0.5) is 4.79 Å². The lowest BCUT2D eigenvalue weighted by molar-refractivity contribution is -0.143. The Morgan fingerprint density at radius 3 is 2.28 bits per heavy atom. The van der Waals surface area contributed by atoms with Gasteiger partial charge in [0.25, 0.3) is 0 Å². The molecule has 0 aromatic carbocycles. The second-order valence-corrected chi connectivity index (χ2v) is 6.15. The van der Waals surface area contributed by atoms with Gasteiger partial charge in [-0.1, -0.05) is 13.8 Å². The second-order valence-electron chi connectivity index (χ2n) is 6.15. The van der Waals surface area contributed by atoms with E-state index >= 15 is 0 Å². The second kappa shape index (κ2) is 5.16. The van der Waals surface area contributed by atoms with Gasteiger partial charge in [0, 0.05) is 6.54 Å². The van der Waals surface area contributed by atoms with Crippen LogP contribution in [0.5, 0.6) is 0 Å². The molecule has 0 aromatic rings. The summed E-state index contributed by atoms with van der Waals surface area (Å²) in [5.41, 5.74) is -0.601. The first-order valence-electron chi connectivity index (χ1n) is 6.36. The van der Waals surface area contributed by atoms with Crippen molar-refractivity contribution in [2.45, 2.75) is 52.7 Å². The highest BCUT2D eigenvalue weighted by molar-refractivity contribution is 5.81. The molecule has 0 aromatic heterocycles. The standard InChI is InChI=1S/C13H23NO4/c1-8(2)9-6-7-14(10(9)11(15)16)12(17)18-13(3,4)5/h8-10H,6-7H2,1-5H3,(H,15,16). The van der Waals surface area contributed by atoms with Crippen LogP contribution in [0.3, 0.4) is 0 Å². The molecule has 104 valence electrons. The monoisotopic (exact) mass is 257 g/mol. The van der Waals surface area contributed by atoms with Gasteiger partial charge in [0.1, 0.15) is 11.6 Å². The van der Waals surface area contributed by atoms with Crippen LogP contribution >= 0.6 is 0 Å². The van der Waals surface area contributed by atoms with Gasteiger partial charge in [-0.25, -0.2) is 9.59 Å². The van der Waals surface area contributed by atoms with E-state index in [1.54, 1.807) is 20.8 Å². The molecule has 0 spiro atoms. The van der Waals surface area contributed by atoms with Crippen molar-refractivity contribution in [2.24, 2.45) is 11.8 Å². The van der Waals surface area contributed by atoms with Gasteiger partial charge in [-0.3, -0.25) is 4.90 Å². The van der Waals surface area contributed by atoms with E-state index in [1.807, 2.05) is 13.8 Å². The fraction of sp³-hybridized carbons (Fsp3) is 0.846. The van der Waals surface area contributed by atoms with E-state index < -0.39 is 23.7 Å². The van der Waals surface area contributed by atoms with Gasteiger partial charge in [-0.05, 0) is 39.0 Å². The van der Waals surface area contributed by atoms with Crippen molar-refractivity contribution >= 4 is 12.1 Å². The van der Waals surface area contributed by atoms with Crippen LogP contribution in [0, 0.1) is 11.8 Å². The lowest BCUT2D eigenvalue weighted by Crippen LogP contribution is -2.46. The number of hydrogen-bond donors (Lipinski definition) is 1. The van der Waals surface area contributed by atoms with Gasteiger partial charge in [0.2, 0.25) is 0 Å². The Kier molecular flexibility index (Phi) is 4.24. The normalized spacial score (nSPS) is 24.4. The third-order valence-corrected chi connectivity index (χ3v) is 3.18. The molecule has 5 nitrogen and oxygen atoms in total. The molecule has 0 saturated carbocycles. The Morgan fingerprint density at radius 1 is 1.33 bits per heavy atom. The average molecular weight is 257 g/mol. The highest BCUT2D eigenvalue weighted by atomic mass is 16.6. The molecule has 1 rings (SSSR count). The Hall–Kier alpha value is -1.26. The number of amides is 1. The Balaban J connectivity index is 2.83. The third kappa shape index (κ3) is 3.37. The van der Waals surface area contributed by atoms with Crippen molar-refractivity contribution in [1.29, 1.82) is 0 Å². The van der Waals surface area contributed by atoms with Crippen LogP contribution in [0.2, 0.25) is 0 Å². The van der Waals surface area contributed by atoms with E-state index in [0.717, 1.165) is 0 Å². The van der Waals surface area contributed by atoms with Gasteiger partial charge in [0.05, 0.1) is 0 Å². The summed E-state index contributed by atoms with van der Waals surface area (Å²) in [5.74, 6) is -0.717. The van der Waals surface area contributed by atoms with Crippen molar-refractivity contribution in [1.82, 2.24) is 4.90 Å².